The zero-order valence-electron chi connectivity index (χ0n) is 11.6. The predicted molar refractivity (Wildman–Crippen MR) is 75.8 cm³/mol. The summed E-state index contributed by atoms with van der Waals surface area (Å²) < 4.78 is 5.92. The molecule has 0 aromatic heterocycles. The molecule has 2 nitrogen and oxygen atoms in total. The Morgan fingerprint density at radius 2 is 1.67 bits per heavy atom. The third-order valence-electron chi connectivity index (χ3n) is 3.78. The minimum absolute atomic E-state index is 0.192. The van der Waals surface area contributed by atoms with Crippen LogP contribution in [0.4, 0.5) is 0 Å². The van der Waals surface area contributed by atoms with Gasteiger partial charge in [0.15, 0.2) is 0 Å². The van der Waals surface area contributed by atoms with Gasteiger partial charge in [0, 0.05) is 11.1 Å². The third kappa shape index (κ3) is 3.05. The van der Waals surface area contributed by atoms with Crippen molar-refractivity contribution in [3.05, 3.63) is 29.8 Å². The van der Waals surface area contributed by atoms with Crippen molar-refractivity contribution >= 4 is 0 Å². The van der Waals surface area contributed by atoms with Gasteiger partial charge in [0.2, 0.25) is 0 Å². The van der Waals surface area contributed by atoms with Crippen molar-refractivity contribution in [2.24, 2.45) is 5.73 Å². The molecule has 100 valence electrons. The Labute approximate surface area is 111 Å². The molecular weight excluding hydrogens is 222 g/mol. The van der Waals surface area contributed by atoms with E-state index >= 15 is 0 Å². The molecule has 0 unspecified atom stereocenters. The van der Waals surface area contributed by atoms with E-state index in [-0.39, 0.29) is 11.6 Å². The number of para-hydroxylation sites is 1. The summed E-state index contributed by atoms with van der Waals surface area (Å²) in [5, 5.41) is 0. The average Bonchev–Trinajstić information content (AvgIpc) is 2.55. The van der Waals surface area contributed by atoms with Crippen LogP contribution >= 0.6 is 0 Å². The van der Waals surface area contributed by atoms with Crippen LogP contribution in [0.3, 0.4) is 0 Å². The fourth-order valence-electron chi connectivity index (χ4n) is 2.86. The standard InChI is InChI=1S/C16H25NO/c1-13(2)18-15-10-6-5-9-14(15)16(17)11-7-3-4-8-12-16/h5-6,9-10,13H,3-4,7-8,11-12,17H2,1-2H3. The van der Waals surface area contributed by atoms with E-state index in [9.17, 15) is 0 Å². The third-order valence-corrected chi connectivity index (χ3v) is 3.78. The van der Waals surface area contributed by atoms with Crippen LogP contribution in [-0.2, 0) is 5.54 Å². The summed E-state index contributed by atoms with van der Waals surface area (Å²) in [5.41, 5.74) is 7.68. The number of hydrogen-bond acceptors (Lipinski definition) is 2. The molecular formula is C16H25NO. The Bertz CT molecular complexity index is 378. The molecule has 0 heterocycles. The highest BCUT2D eigenvalue weighted by Crippen LogP contribution is 2.38. The molecule has 18 heavy (non-hydrogen) atoms. The summed E-state index contributed by atoms with van der Waals surface area (Å²) in [5.74, 6) is 0.969. The smallest absolute Gasteiger partial charge is 0.124 e. The fraction of sp³-hybridized carbons (Fsp3) is 0.625. The fourth-order valence-corrected chi connectivity index (χ4v) is 2.86. The minimum atomic E-state index is -0.192. The van der Waals surface area contributed by atoms with Crippen LogP contribution in [0.25, 0.3) is 0 Å². The molecule has 2 N–H and O–H groups in total. The molecule has 1 fully saturated rings. The SMILES string of the molecule is CC(C)Oc1ccccc1C1(N)CCCCCC1. The summed E-state index contributed by atoms with van der Waals surface area (Å²) in [6, 6.07) is 8.29. The molecule has 0 spiro atoms. The van der Waals surface area contributed by atoms with Crippen molar-refractivity contribution in [3.63, 3.8) is 0 Å². The van der Waals surface area contributed by atoms with Gasteiger partial charge in [-0.1, -0.05) is 43.9 Å². The zero-order valence-corrected chi connectivity index (χ0v) is 11.6. The molecule has 2 rings (SSSR count). The second kappa shape index (κ2) is 5.75. The molecule has 0 aliphatic heterocycles. The van der Waals surface area contributed by atoms with Gasteiger partial charge in [-0.3, -0.25) is 0 Å². The Hall–Kier alpha value is -1.02. The van der Waals surface area contributed by atoms with Gasteiger partial charge in [0.25, 0.3) is 0 Å². The average molecular weight is 247 g/mol. The zero-order chi connectivity index (χ0) is 13.0. The summed E-state index contributed by atoms with van der Waals surface area (Å²) in [6.45, 7) is 4.13. The number of rotatable bonds is 3. The summed E-state index contributed by atoms with van der Waals surface area (Å²) in [4.78, 5) is 0. The molecule has 1 saturated carbocycles. The second-order valence-electron chi connectivity index (χ2n) is 5.73. The molecule has 0 saturated heterocycles. The van der Waals surface area contributed by atoms with Gasteiger partial charge in [-0.05, 0) is 32.8 Å². The van der Waals surface area contributed by atoms with Crippen molar-refractivity contribution in [1.82, 2.24) is 0 Å². The monoisotopic (exact) mass is 247 g/mol. The first-order valence-corrected chi connectivity index (χ1v) is 7.17. The van der Waals surface area contributed by atoms with E-state index in [2.05, 4.69) is 32.0 Å². The van der Waals surface area contributed by atoms with Gasteiger partial charge < -0.3 is 10.5 Å². The highest BCUT2D eigenvalue weighted by atomic mass is 16.5. The summed E-state index contributed by atoms with van der Waals surface area (Å²) >= 11 is 0. The van der Waals surface area contributed by atoms with Gasteiger partial charge in [-0.15, -0.1) is 0 Å². The highest BCUT2D eigenvalue weighted by Gasteiger charge is 2.31. The van der Waals surface area contributed by atoms with Gasteiger partial charge in [0.05, 0.1) is 6.10 Å². The van der Waals surface area contributed by atoms with Crippen LogP contribution in [0.15, 0.2) is 24.3 Å². The van der Waals surface area contributed by atoms with Crippen molar-refractivity contribution in [3.8, 4) is 5.75 Å². The normalized spacial score (nSPS) is 19.6. The Kier molecular flexibility index (Phi) is 4.28. The molecule has 0 bridgehead atoms. The maximum atomic E-state index is 6.68. The molecule has 2 heteroatoms. The van der Waals surface area contributed by atoms with E-state index in [0.29, 0.717) is 0 Å². The summed E-state index contributed by atoms with van der Waals surface area (Å²) in [7, 11) is 0. The van der Waals surface area contributed by atoms with Crippen LogP contribution in [0, 0.1) is 0 Å². The van der Waals surface area contributed by atoms with E-state index in [1.54, 1.807) is 0 Å². The lowest BCUT2D eigenvalue weighted by molar-refractivity contribution is 0.231. The Balaban J connectivity index is 2.30. The summed E-state index contributed by atoms with van der Waals surface area (Å²) in [6.07, 6.45) is 7.43. The number of benzene rings is 1. The van der Waals surface area contributed by atoms with Crippen molar-refractivity contribution in [2.45, 2.75) is 64.0 Å². The first kappa shape index (κ1) is 13.4. The first-order valence-electron chi connectivity index (χ1n) is 7.17. The lowest BCUT2D eigenvalue weighted by atomic mass is 9.83. The molecule has 0 atom stereocenters. The number of ether oxygens (including phenoxy) is 1. The Morgan fingerprint density at radius 3 is 2.28 bits per heavy atom. The molecule has 1 aliphatic carbocycles. The second-order valence-corrected chi connectivity index (χ2v) is 5.73. The molecule has 1 aromatic rings. The van der Waals surface area contributed by atoms with E-state index in [1.165, 1.54) is 31.2 Å². The number of hydrogen-bond donors (Lipinski definition) is 1. The maximum Gasteiger partial charge on any atom is 0.124 e. The molecule has 1 aliphatic rings. The first-order chi connectivity index (χ1) is 8.62. The molecule has 1 aromatic carbocycles. The van der Waals surface area contributed by atoms with Crippen molar-refractivity contribution in [2.75, 3.05) is 0 Å². The van der Waals surface area contributed by atoms with Crippen LogP contribution in [-0.4, -0.2) is 6.10 Å². The van der Waals surface area contributed by atoms with Crippen LogP contribution in [0.1, 0.15) is 57.9 Å². The quantitative estimate of drug-likeness (QED) is 0.820. The topological polar surface area (TPSA) is 35.2 Å². The van der Waals surface area contributed by atoms with Crippen LogP contribution < -0.4 is 10.5 Å². The minimum Gasteiger partial charge on any atom is -0.491 e. The predicted octanol–water partition coefficient (Wildman–Crippen LogP) is 3.98. The number of nitrogens with two attached hydrogens (primary N) is 1. The maximum absolute atomic E-state index is 6.68. The van der Waals surface area contributed by atoms with Gasteiger partial charge in [0.1, 0.15) is 5.75 Å². The Morgan fingerprint density at radius 1 is 1.06 bits per heavy atom. The largest absolute Gasteiger partial charge is 0.491 e. The van der Waals surface area contributed by atoms with E-state index in [4.69, 9.17) is 10.5 Å². The van der Waals surface area contributed by atoms with Gasteiger partial charge in [-0.25, -0.2) is 0 Å². The van der Waals surface area contributed by atoms with Gasteiger partial charge in [-0.2, -0.15) is 0 Å². The lowest BCUT2D eigenvalue weighted by Gasteiger charge is -2.31. The van der Waals surface area contributed by atoms with Crippen molar-refractivity contribution in [1.29, 1.82) is 0 Å². The molecule has 0 radical (unpaired) electrons. The van der Waals surface area contributed by atoms with Crippen LogP contribution in [0.2, 0.25) is 0 Å². The van der Waals surface area contributed by atoms with Gasteiger partial charge >= 0.3 is 0 Å². The van der Waals surface area contributed by atoms with Crippen molar-refractivity contribution < 1.29 is 4.74 Å². The van der Waals surface area contributed by atoms with Crippen LogP contribution in [0.5, 0.6) is 5.75 Å². The van der Waals surface area contributed by atoms with E-state index in [0.717, 1.165) is 18.6 Å². The highest BCUT2D eigenvalue weighted by molar-refractivity contribution is 5.39. The molecule has 0 amide bonds. The van der Waals surface area contributed by atoms with E-state index < -0.39 is 0 Å². The van der Waals surface area contributed by atoms with E-state index in [1.807, 2.05) is 6.07 Å². The lowest BCUT2D eigenvalue weighted by Crippen LogP contribution is -2.36.